The number of nitrogens with zero attached hydrogens (tertiary/aromatic N) is 3. The van der Waals surface area contributed by atoms with Gasteiger partial charge >= 0.3 is 6.03 Å². The predicted molar refractivity (Wildman–Crippen MR) is 99.1 cm³/mol. The maximum atomic E-state index is 12.3. The van der Waals surface area contributed by atoms with Crippen LogP contribution in [0.4, 0.5) is 10.5 Å². The summed E-state index contributed by atoms with van der Waals surface area (Å²) in [6.45, 7) is 7.45. The van der Waals surface area contributed by atoms with Crippen molar-refractivity contribution in [3.63, 3.8) is 0 Å². The predicted octanol–water partition coefficient (Wildman–Crippen LogP) is 3.55. The van der Waals surface area contributed by atoms with Crippen LogP contribution in [-0.2, 0) is 5.41 Å². The van der Waals surface area contributed by atoms with Gasteiger partial charge in [-0.3, -0.25) is 0 Å². The number of aromatic nitrogens is 1. The molecular formula is C20H22N4O2. The minimum atomic E-state index is -0.146. The molecule has 1 aliphatic rings. The number of likely N-dealkylation sites (tertiary alicyclic amines) is 1. The molecule has 0 atom stereocenters. The molecule has 3 rings (SSSR count). The zero-order chi connectivity index (χ0) is 18.7. The quantitative estimate of drug-likeness (QED) is 0.918. The van der Waals surface area contributed by atoms with Crippen molar-refractivity contribution < 1.29 is 9.53 Å². The first-order chi connectivity index (χ1) is 12.3. The Labute approximate surface area is 153 Å². The summed E-state index contributed by atoms with van der Waals surface area (Å²) < 4.78 is 5.69. The first kappa shape index (κ1) is 17.7. The lowest BCUT2D eigenvalue weighted by molar-refractivity contribution is 0.0461. The van der Waals surface area contributed by atoms with E-state index in [1.165, 1.54) is 11.8 Å². The van der Waals surface area contributed by atoms with Crippen molar-refractivity contribution in [2.45, 2.75) is 32.3 Å². The molecule has 1 aliphatic heterocycles. The van der Waals surface area contributed by atoms with Gasteiger partial charge in [0.05, 0.1) is 24.7 Å². The van der Waals surface area contributed by atoms with Crippen LogP contribution in [0.25, 0.3) is 0 Å². The molecule has 0 bridgehead atoms. The summed E-state index contributed by atoms with van der Waals surface area (Å²) in [6.07, 6.45) is 1.43. The molecule has 2 amide bonds. The maximum Gasteiger partial charge on any atom is 0.322 e. The zero-order valence-electron chi connectivity index (χ0n) is 15.2. The topological polar surface area (TPSA) is 78.3 Å². The number of pyridine rings is 1. The van der Waals surface area contributed by atoms with E-state index in [2.05, 4.69) is 31.1 Å². The molecule has 0 radical (unpaired) electrons. The number of anilines is 1. The fourth-order valence-corrected chi connectivity index (χ4v) is 2.65. The Morgan fingerprint density at radius 2 is 1.96 bits per heavy atom. The molecule has 1 N–H and O–H groups in total. The van der Waals surface area contributed by atoms with Crippen molar-refractivity contribution >= 4 is 11.7 Å². The van der Waals surface area contributed by atoms with Gasteiger partial charge in [-0.05, 0) is 29.2 Å². The first-order valence-electron chi connectivity index (χ1n) is 8.54. The highest BCUT2D eigenvalue weighted by atomic mass is 16.5. The average Bonchev–Trinajstić information content (AvgIpc) is 2.57. The molecule has 6 heteroatoms. The number of rotatable bonds is 3. The van der Waals surface area contributed by atoms with Crippen molar-refractivity contribution in [3.8, 4) is 11.9 Å². The third-order valence-corrected chi connectivity index (χ3v) is 4.29. The van der Waals surface area contributed by atoms with E-state index in [1.807, 2.05) is 30.3 Å². The van der Waals surface area contributed by atoms with Crippen molar-refractivity contribution in [1.29, 1.82) is 5.26 Å². The number of carbonyl (C=O) groups excluding carboxylic acids is 1. The van der Waals surface area contributed by atoms with Crippen LogP contribution < -0.4 is 10.1 Å². The minimum absolute atomic E-state index is 0.0848. The number of ether oxygens (including phenoxy) is 1. The van der Waals surface area contributed by atoms with Crippen LogP contribution in [0.2, 0.25) is 0 Å². The van der Waals surface area contributed by atoms with Crippen LogP contribution in [0, 0.1) is 11.3 Å². The van der Waals surface area contributed by atoms with Gasteiger partial charge in [0.1, 0.15) is 6.10 Å². The van der Waals surface area contributed by atoms with Crippen LogP contribution in [-0.4, -0.2) is 35.1 Å². The second-order valence-electron chi connectivity index (χ2n) is 7.40. The smallest absolute Gasteiger partial charge is 0.322 e. The molecule has 0 spiro atoms. The van der Waals surface area contributed by atoms with Gasteiger partial charge in [0.2, 0.25) is 5.88 Å². The fourth-order valence-electron chi connectivity index (χ4n) is 2.65. The molecule has 0 unspecified atom stereocenters. The highest BCUT2D eigenvalue weighted by Crippen LogP contribution is 2.24. The number of amides is 2. The van der Waals surface area contributed by atoms with Gasteiger partial charge < -0.3 is 15.0 Å². The van der Waals surface area contributed by atoms with E-state index in [-0.39, 0.29) is 17.6 Å². The molecule has 134 valence electrons. The van der Waals surface area contributed by atoms with Crippen molar-refractivity contribution in [1.82, 2.24) is 9.88 Å². The van der Waals surface area contributed by atoms with Crippen molar-refractivity contribution in [2.24, 2.45) is 0 Å². The van der Waals surface area contributed by atoms with E-state index >= 15 is 0 Å². The number of nitrogens with one attached hydrogen (secondary N) is 1. The molecule has 26 heavy (non-hydrogen) atoms. The van der Waals surface area contributed by atoms with E-state index < -0.39 is 0 Å². The van der Waals surface area contributed by atoms with Gasteiger partial charge in [-0.1, -0.05) is 32.9 Å². The molecule has 0 saturated carbocycles. The molecule has 0 aliphatic carbocycles. The Morgan fingerprint density at radius 3 is 2.58 bits per heavy atom. The second kappa shape index (κ2) is 7.04. The van der Waals surface area contributed by atoms with Crippen molar-refractivity contribution in [2.75, 3.05) is 18.4 Å². The van der Waals surface area contributed by atoms with Crippen LogP contribution in [0.5, 0.6) is 5.88 Å². The summed E-state index contributed by atoms with van der Waals surface area (Å²) in [4.78, 5) is 18.0. The van der Waals surface area contributed by atoms with Crippen molar-refractivity contribution in [3.05, 3.63) is 53.7 Å². The Hall–Kier alpha value is -3.07. The van der Waals surface area contributed by atoms with Crippen LogP contribution >= 0.6 is 0 Å². The van der Waals surface area contributed by atoms with Crippen LogP contribution in [0.15, 0.2) is 42.6 Å². The Morgan fingerprint density at radius 1 is 1.27 bits per heavy atom. The average molecular weight is 350 g/mol. The molecule has 1 aromatic heterocycles. The standard InChI is InChI=1S/C20H22N4O2/c1-20(2,3)15-4-6-16(7-5-15)23-19(25)24-12-17(13-24)26-18-10-14(11-21)8-9-22-18/h4-10,17H,12-13H2,1-3H3,(H,23,25). The summed E-state index contributed by atoms with van der Waals surface area (Å²) in [5, 5.41) is 11.8. The molecule has 1 fully saturated rings. The number of nitriles is 1. The van der Waals surface area contributed by atoms with E-state index in [4.69, 9.17) is 10.00 Å². The lowest BCUT2D eigenvalue weighted by Crippen LogP contribution is -2.57. The molecular weight excluding hydrogens is 328 g/mol. The lowest BCUT2D eigenvalue weighted by Gasteiger charge is -2.38. The number of hydrogen-bond acceptors (Lipinski definition) is 4. The van der Waals surface area contributed by atoms with Gasteiger partial charge in [-0.25, -0.2) is 9.78 Å². The maximum absolute atomic E-state index is 12.3. The van der Waals surface area contributed by atoms with Crippen LogP contribution in [0.1, 0.15) is 31.9 Å². The molecule has 1 aromatic carbocycles. The third-order valence-electron chi connectivity index (χ3n) is 4.29. The van der Waals surface area contributed by atoms with Gasteiger partial charge in [-0.2, -0.15) is 5.26 Å². The Balaban J connectivity index is 1.49. The Bertz CT molecular complexity index is 828. The summed E-state index contributed by atoms with van der Waals surface area (Å²) in [6, 6.07) is 13.0. The molecule has 1 saturated heterocycles. The second-order valence-corrected chi connectivity index (χ2v) is 7.40. The Kier molecular flexibility index (Phi) is 4.81. The summed E-state index contributed by atoms with van der Waals surface area (Å²) in [5.74, 6) is 0.409. The van der Waals surface area contributed by atoms with E-state index in [0.29, 0.717) is 24.5 Å². The van der Waals surface area contributed by atoms with E-state index in [9.17, 15) is 4.79 Å². The zero-order valence-corrected chi connectivity index (χ0v) is 15.2. The summed E-state index contributed by atoms with van der Waals surface area (Å²) in [7, 11) is 0. The number of benzene rings is 1. The highest BCUT2D eigenvalue weighted by Gasteiger charge is 2.32. The number of hydrogen-bond donors (Lipinski definition) is 1. The number of carbonyl (C=O) groups is 1. The van der Waals surface area contributed by atoms with Gasteiger partial charge in [0.15, 0.2) is 0 Å². The van der Waals surface area contributed by atoms with Crippen LogP contribution in [0.3, 0.4) is 0 Å². The monoisotopic (exact) mass is 350 g/mol. The highest BCUT2D eigenvalue weighted by molar-refractivity contribution is 5.89. The van der Waals surface area contributed by atoms with Gasteiger partial charge in [0, 0.05) is 18.0 Å². The summed E-state index contributed by atoms with van der Waals surface area (Å²) >= 11 is 0. The van der Waals surface area contributed by atoms with E-state index in [1.54, 1.807) is 17.0 Å². The summed E-state index contributed by atoms with van der Waals surface area (Å²) in [5.41, 5.74) is 2.58. The molecule has 6 nitrogen and oxygen atoms in total. The molecule has 2 aromatic rings. The van der Waals surface area contributed by atoms with Gasteiger partial charge in [0.25, 0.3) is 0 Å². The molecule has 2 heterocycles. The fraction of sp³-hybridized carbons (Fsp3) is 0.350. The first-order valence-corrected chi connectivity index (χ1v) is 8.54. The minimum Gasteiger partial charge on any atom is -0.471 e. The largest absolute Gasteiger partial charge is 0.471 e. The lowest BCUT2D eigenvalue weighted by atomic mass is 9.87. The van der Waals surface area contributed by atoms with Gasteiger partial charge in [-0.15, -0.1) is 0 Å². The third kappa shape index (κ3) is 4.12. The normalized spacial score (nSPS) is 14.3. The number of urea groups is 1. The van der Waals surface area contributed by atoms with E-state index in [0.717, 1.165) is 5.69 Å². The SMILES string of the molecule is CC(C)(C)c1ccc(NC(=O)N2CC(Oc3cc(C#N)ccn3)C2)cc1.